The molecule has 0 atom stereocenters. The highest BCUT2D eigenvalue weighted by atomic mass is 15.2. The van der Waals surface area contributed by atoms with Crippen LogP contribution in [0.2, 0.25) is 0 Å². The third-order valence-electron chi connectivity index (χ3n) is 4.07. The molecule has 3 heteroatoms. The molecule has 2 rings (SSSR count). The third kappa shape index (κ3) is 5.01. The zero-order valence-electron chi connectivity index (χ0n) is 14.2. The van der Waals surface area contributed by atoms with Crippen LogP contribution >= 0.6 is 0 Å². The zero-order chi connectivity index (χ0) is 15.2. The van der Waals surface area contributed by atoms with Crippen molar-refractivity contribution in [2.24, 2.45) is 5.92 Å². The highest BCUT2D eigenvalue weighted by molar-refractivity contribution is 5.56. The molecule has 0 amide bonds. The Balaban J connectivity index is 2.08. The molecule has 0 saturated heterocycles. The predicted octanol–water partition coefficient (Wildman–Crippen LogP) is 3.06. The lowest BCUT2D eigenvalue weighted by Gasteiger charge is -2.28. The van der Waals surface area contributed by atoms with Crippen LogP contribution in [0.3, 0.4) is 0 Å². The number of anilines is 1. The molecule has 0 unspecified atom stereocenters. The zero-order valence-corrected chi connectivity index (χ0v) is 14.2. The van der Waals surface area contributed by atoms with Crippen molar-refractivity contribution in [2.45, 2.75) is 33.2 Å². The summed E-state index contributed by atoms with van der Waals surface area (Å²) in [6.07, 6.45) is 2.48. The van der Waals surface area contributed by atoms with E-state index in [1.54, 1.807) is 5.56 Å². The van der Waals surface area contributed by atoms with Gasteiger partial charge in [-0.3, -0.25) is 4.90 Å². The van der Waals surface area contributed by atoms with Crippen LogP contribution in [0.15, 0.2) is 18.2 Å². The quantitative estimate of drug-likeness (QED) is 0.832. The minimum absolute atomic E-state index is 0.713. The van der Waals surface area contributed by atoms with Gasteiger partial charge in [0.1, 0.15) is 0 Å². The number of hydrogen-bond donors (Lipinski definition) is 1. The predicted molar refractivity (Wildman–Crippen MR) is 91.9 cm³/mol. The largest absolute Gasteiger partial charge is 0.385 e. The summed E-state index contributed by atoms with van der Waals surface area (Å²) in [5.74, 6) is 0.713. The molecule has 0 saturated carbocycles. The summed E-state index contributed by atoms with van der Waals surface area (Å²) in [6, 6.07) is 6.74. The van der Waals surface area contributed by atoms with Crippen molar-refractivity contribution in [1.82, 2.24) is 9.80 Å². The molecule has 0 radical (unpaired) electrons. The lowest BCUT2D eigenvalue weighted by Crippen LogP contribution is -2.34. The molecule has 3 nitrogen and oxygen atoms in total. The molecule has 1 N–H and O–H groups in total. The fourth-order valence-corrected chi connectivity index (χ4v) is 3.07. The van der Waals surface area contributed by atoms with Crippen LogP contribution in [0.1, 0.15) is 31.4 Å². The number of benzene rings is 1. The minimum Gasteiger partial charge on any atom is -0.385 e. The van der Waals surface area contributed by atoms with Crippen molar-refractivity contribution < 1.29 is 0 Å². The first-order valence-corrected chi connectivity index (χ1v) is 8.28. The Hall–Kier alpha value is -1.06. The number of nitrogens with zero attached hydrogens (tertiary/aromatic N) is 2. The fraction of sp³-hybridized carbons (Fsp3) is 0.667. The van der Waals surface area contributed by atoms with Crippen LogP contribution in [0.4, 0.5) is 5.69 Å². The Kier molecular flexibility index (Phi) is 6.07. The summed E-state index contributed by atoms with van der Waals surface area (Å²) >= 11 is 0. The van der Waals surface area contributed by atoms with Crippen molar-refractivity contribution >= 4 is 5.69 Å². The maximum absolute atomic E-state index is 3.54. The van der Waals surface area contributed by atoms with Gasteiger partial charge in [-0.25, -0.2) is 0 Å². The van der Waals surface area contributed by atoms with Gasteiger partial charge < -0.3 is 10.2 Å². The molecule has 1 aromatic rings. The smallest absolute Gasteiger partial charge is 0.0375 e. The molecule has 0 spiro atoms. The Bertz CT molecular complexity index is 440. The molecule has 0 bridgehead atoms. The molecule has 1 aliphatic heterocycles. The first kappa shape index (κ1) is 16.3. The van der Waals surface area contributed by atoms with Crippen molar-refractivity contribution in [2.75, 3.05) is 45.6 Å². The Labute approximate surface area is 130 Å². The van der Waals surface area contributed by atoms with Gasteiger partial charge in [-0.1, -0.05) is 26.0 Å². The lowest BCUT2D eigenvalue weighted by molar-refractivity contribution is 0.211. The number of fused-ring (bicyclic) bond motifs is 1. The van der Waals surface area contributed by atoms with Gasteiger partial charge in [0.25, 0.3) is 0 Å². The summed E-state index contributed by atoms with van der Waals surface area (Å²) in [6.45, 7) is 10.3. The monoisotopic (exact) mass is 289 g/mol. The van der Waals surface area contributed by atoms with Crippen LogP contribution in [-0.4, -0.2) is 50.1 Å². The van der Waals surface area contributed by atoms with Crippen LogP contribution in [0, 0.1) is 5.92 Å². The summed E-state index contributed by atoms with van der Waals surface area (Å²) in [5, 5.41) is 3.54. The van der Waals surface area contributed by atoms with Gasteiger partial charge in [-0.05, 0) is 50.0 Å². The summed E-state index contributed by atoms with van der Waals surface area (Å²) in [4.78, 5) is 4.88. The molecule has 0 aliphatic carbocycles. The average molecular weight is 289 g/mol. The number of likely N-dealkylation sites (N-methyl/N-ethyl adjacent to an activating group) is 1. The second-order valence-corrected chi connectivity index (χ2v) is 6.91. The Morgan fingerprint density at radius 3 is 2.71 bits per heavy atom. The molecule has 118 valence electrons. The van der Waals surface area contributed by atoms with Gasteiger partial charge in [-0.15, -0.1) is 0 Å². The van der Waals surface area contributed by atoms with Crippen LogP contribution in [0.25, 0.3) is 0 Å². The van der Waals surface area contributed by atoms with Crippen molar-refractivity contribution in [3.8, 4) is 0 Å². The van der Waals surface area contributed by atoms with Gasteiger partial charge in [0.2, 0.25) is 0 Å². The molecule has 21 heavy (non-hydrogen) atoms. The van der Waals surface area contributed by atoms with E-state index in [2.05, 4.69) is 61.3 Å². The molecule has 1 aliphatic rings. The van der Waals surface area contributed by atoms with E-state index in [-0.39, 0.29) is 0 Å². The fourth-order valence-electron chi connectivity index (χ4n) is 3.07. The highest BCUT2D eigenvalue weighted by Crippen LogP contribution is 2.26. The van der Waals surface area contributed by atoms with Crippen LogP contribution in [-0.2, 0) is 13.0 Å². The molecular formula is C18H31N3. The summed E-state index contributed by atoms with van der Waals surface area (Å²) in [5.41, 5.74) is 4.41. The van der Waals surface area contributed by atoms with E-state index in [9.17, 15) is 0 Å². The molecule has 0 fully saturated rings. The second kappa shape index (κ2) is 7.81. The van der Waals surface area contributed by atoms with Crippen molar-refractivity contribution in [3.63, 3.8) is 0 Å². The summed E-state index contributed by atoms with van der Waals surface area (Å²) < 4.78 is 0. The van der Waals surface area contributed by atoms with E-state index >= 15 is 0 Å². The van der Waals surface area contributed by atoms with Gasteiger partial charge in [0, 0.05) is 38.4 Å². The van der Waals surface area contributed by atoms with Gasteiger partial charge in [0.15, 0.2) is 0 Å². The maximum Gasteiger partial charge on any atom is 0.0375 e. The van der Waals surface area contributed by atoms with Crippen LogP contribution < -0.4 is 5.32 Å². The Morgan fingerprint density at radius 2 is 2.00 bits per heavy atom. The lowest BCUT2D eigenvalue weighted by atomic mass is 9.97. The third-order valence-corrected chi connectivity index (χ3v) is 4.07. The number of nitrogens with one attached hydrogen (secondary N) is 1. The van der Waals surface area contributed by atoms with Crippen molar-refractivity contribution in [3.05, 3.63) is 29.3 Å². The summed E-state index contributed by atoms with van der Waals surface area (Å²) in [7, 11) is 4.31. The first-order chi connectivity index (χ1) is 10.1. The van der Waals surface area contributed by atoms with Gasteiger partial charge in [0.05, 0.1) is 0 Å². The second-order valence-electron chi connectivity index (χ2n) is 6.91. The maximum atomic E-state index is 3.54. The Morgan fingerprint density at radius 1 is 1.19 bits per heavy atom. The van der Waals surface area contributed by atoms with Crippen LogP contribution in [0.5, 0.6) is 0 Å². The first-order valence-electron chi connectivity index (χ1n) is 8.28. The SMILES string of the molecule is CC(C)CN(CCN(C)C)Cc1cccc2c1CCCN2. The van der Waals surface area contributed by atoms with E-state index in [1.807, 2.05) is 0 Å². The molecular weight excluding hydrogens is 258 g/mol. The molecule has 0 aromatic heterocycles. The normalized spacial score (nSPS) is 14.6. The standard InChI is InChI=1S/C18H31N3/c1-15(2)13-21(12-11-20(3)4)14-16-7-5-9-18-17(16)8-6-10-19-18/h5,7,9,15,19H,6,8,10-14H2,1-4H3. The van der Waals surface area contributed by atoms with Gasteiger partial charge in [-0.2, -0.15) is 0 Å². The van der Waals surface area contributed by atoms with Crippen molar-refractivity contribution in [1.29, 1.82) is 0 Å². The highest BCUT2D eigenvalue weighted by Gasteiger charge is 2.15. The van der Waals surface area contributed by atoms with E-state index in [4.69, 9.17) is 0 Å². The van der Waals surface area contributed by atoms with E-state index in [1.165, 1.54) is 30.6 Å². The van der Waals surface area contributed by atoms with E-state index < -0.39 is 0 Å². The molecule has 1 aromatic carbocycles. The van der Waals surface area contributed by atoms with E-state index in [0.29, 0.717) is 5.92 Å². The minimum atomic E-state index is 0.713. The number of rotatable bonds is 7. The van der Waals surface area contributed by atoms with Gasteiger partial charge >= 0.3 is 0 Å². The topological polar surface area (TPSA) is 18.5 Å². The van der Waals surface area contributed by atoms with E-state index in [0.717, 1.165) is 26.2 Å². The average Bonchev–Trinajstić information content (AvgIpc) is 2.44. The molecule has 1 heterocycles. The number of hydrogen-bond acceptors (Lipinski definition) is 3.